The maximum Gasteiger partial charge on any atom is 0.175 e. The molecule has 0 saturated heterocycles. The van der Waals surface area contributed by atoms with Gasteiger partial charge in [-0.1, -0.05) is 12.1 Å². The molecule has 2 aromatic carbocycles. The van der Waals surface area contributed by atoms with Crippen LogP contribution in [0.4, 0.5) is 0 Å². The van der Waals surface area contributed by atoms with Crippen LogP contribution in [0.2, 0.25) is 0 Å². The van der Waals surface area contributed by atoms with Gasteiger partial charge in [0.2, 0.25) is 0 Å². The Morgan fingerprint density at radius 3 is 2.85 bits per heavy atom. The molecule has 0 fully saturated rings. The SMILES string of the molecule is COCCN(/N=C/c1ccc(O)c(OC)c1)C1=NS(=O)c2ccccc21. The van der Waals surface area contributed by atoms with Crippen molar-refractivity contribution in [3.05, 3.63) is 53.6 Å². The fraction of sp³-hybridized carbons (Fsp3) is 0.222. The van der Waals surface area contributed by atoms with Crippen LogP contribution in [-0.2, 0) is 15.7 Å². The number of benzene rings is 2. The molecule has 1 aliphatic rings. The number of amidine groups is 1. The molecule has 8 heteroatoms. The van der Waals surface area contributed by atoms with Crippen molar-refractivity contribution in [2.75, 3.05) is 27.4 Å². The highest BCUT2D eigenvalue weighted by Crippen LogP contribution is 2.26. The van der Waals surface area contributed by atoms with Gasteiger partial charge in [0, 0.05) is 12.7 Å². The van der Waals surface area contributed by atoms with Crippen LogP contribution in [0, 0.1) is 0 Å². The Labute approximate surface area is 154 Å². The van der Waals surface area contributed by atoms with E-state index in [1.54, 1.807) is 36.5 Å². The highest BCUT2D eigenvalue weighted by molar-refractivity contribution is 7.84. The molecular weight excluding hydrogens is 354 g/mol. The van der Waals surface area contributed by atoms with Gasteiger partial charge in [0.25, 0.3) is 0 Å². The highest BCUT2D eigenvalue weighted by atomic mass is 32.2. The molecule has 2 aromatic rings. The van der Waals surface area contributed by atoms with Gasteiger partial charge >= 0.3 is 0 Å². The van der Waals surface area contributed by atoms with Crippen molar-refractivity contribution in [2.45, 2.75) is 4.90 Å². The summed E-state index contributed by atoms with van der Waals surface area (Å²) in [6, 6.07) is 12.3. The van der Waals surface area contributed by atoms with Crippen LogP contribution in [0.25, 0.3) is 0 Å². The summed E-state index contributed by atoms with van der Waals surface area (Å²) in [7, 11) is 1.66. The van der Waals surface area contributed by atoms with Gasteiger partial charge in [0.1, 0.15) is 0 Å². The quantitative estimate of drug-likeness (QED) is 0.620. The van der Waals surface area contributed by atoms with Gasteiger partial charge in [-0.25, -0.2) is 9.22 Å². The van der Waals surface area contributed by atoms with E-state index < -0.39 is 11.0 Å². The first-order chi connectivity index (χ1) is 12.6. The van der Waals surface area contributed by atoms with Crippen molar-refractivity contribution in [3.63, 3.8) is 0 Å². The minimum atomic E-state index is -1.43. The summed E-state index contributed by atoms with van der Waals surface area (Å²) in [6.45, 7) is 0.886. The molecule has 7 nitrogen and oxygen atoms in total. The van der Waals surface area contributed by atoms with Crippen molar-refractivity contribution in [1.82, 2.24) is 5.01 Å². The summed E-state index contributed by atoms with van der Waals surface area (Å²) < 4.78 is 26.7. The lowest BCUT2D eigenvalue weighted by atomic mass is 10.2. The van der Waals surface area contributed by atoms with Crippen molar-refractivity contribution in [3.8, 4) is 11.5 Å². The average Bonchev–Trinajstić information content (AvgIpc) is 3.00. The first-order valence-corrected chi connectivity index (χ1v) is 9.02. The number of ether oxygens (including phenoxy) is 2. The fourth-order valence-electron chi connectivity index (χ4n) is 2.47. The molecule has 0 aliphatic carbocycles. The van der Waals surface area contributed by atoms with E-state index in [1.807, 2.05) is 18.2 Å². The first kappa shape index (κ1) is 18.1. The lowest BCUT2D eigenvalue weighted by Crippen LogP contribution is -2.29. The number of methoxy groups -OCH3 is 2. The molecule has 1 N–H and O–H groups in total. The summed E-state index contributed by atoms with van der Waals surface area (Å²) in [6.07, 6.45) is 1.63. The van der Waals surface area contributed by atoms with Gasteiger partial charge in [-0.15, -0.1) is 0 Å². The minimum Gasteiger partial charge on any atom is -0.504 e. The standard InChI is InChI=1S/C18H19N3O4S/c1-24-10-9-21(18-14-5-3-4-6-17(14)26(23)20-18)19-12-13-7-8-15(22)16(11-13)25-2/h3-8,11-12,22H,9-10H2,1-2H3/b19-12+. The molecule has 1 heterocycles. The Hall–Kier alpha value is -2.71. The number of phenols is 1. The van der Waals surface area contributed by atoms with E-state index in [2.05, 4.69) is 9.50 Å². The monoisotopic (exact) mass is 373 g/mol. The van der Waals surface area contributed by atoms with Gasteiger partial charge in [0.15, 0.2) is 28.3 Å². The third-order valence-corrected chi connectivity index (χ3v) is 4.86. The highest BCUT2D eigenvalue weighted by Gasteiger charge is 2.26. The molecule has 1 unspecified atom stereocenters. The van der Waals surface area contributed by atoms with Gasteiger partial charge < -0.3 is 14.6 Å². The van der Waals surface area contributed by atoms with E-state index in [0.29, 0.717) is 29.6 Å². The largest absolute Gasteiger partial charge is 0.504 e. The average molecular weight is 373 g/mol. The first-order valence-electron chi connectivity index (χ1n) is 7.91. The predicted octanol–water partition coefficient (Wildman–Crippen LogP) is 2.17. The Kier molecular flexibility index (Phi) is 5.65. The number of rotatable bonds is 6. The Bertz CT molecular complexity index is 882. The second-order valence-corrected chi connectivity index (χ2v) is 6.57. The van der Waals surface area contributed by atoms with Gasteiger partial charge in [-0.2, -0.15) is 9.50 Å². The van der Waals surface area contributed by atoms with E-state index in [9.17, 15) is 9.32 Å². The molecule has 0 radical (unpaired) electrons. The number of phenolic OH excluding ortho intramolecular Hbond substituents is 1. The number of hydrogen-bond acceptors (Lipinski definition) is 6. The van der Waals surface area contributed by atoms with E-state index >= 15 is 0 Å². The van der Waals surface area contributed by atoms with E-state index in [-0.39, 0.29) is 5.75 Å². The summed E-state index contributed by atoms with van der Waals surface area (Å²) in [5.41, 5.74) is 1.54. The topological polar surface area (TPSA) is 83.7 Å². The second-order valence-electron chi connectivity index (χ2n) is 5.45. The molecule has 3 rings (SSSR count). The maximum atomic E-state index is 12.2. The van der Waals surface area contributed by atoms with Crippen molar-refractivity contribution >= 4 is 23.0 Å². The van der Waals surface area contributed by atoms with Crippen molar-refractivity contribution < 1.29 is 18.8 Å². The van der Waals surface area contributed by atoms with Crippen LogP contribution in [0.15, 0.2) is 56.9 Å². The lowest BCUT2D eigenvalue weighted by Gasteiger charge is -2.18. The number of nitrogens with zero attached hydrogens (tertiary/aromatic N) is 3. The Balaban J connectivity index is 1.90. The molecule has 136 valence electrons. The third kappa shape index (κ3) is 3.76. The summed E-state index contributed by atoms with van der Waals surface area (Å²) in [4.78, 5) is 0.673. The maximum absolute atomic E-state index is 12.2. The number of fused-ring (bicyclic) bond motifs is 1. The van der Waals surface area contributed by atoms with Crippen LogP contribution in [-0.4, -0.2) is 53.7 Å². The van der Waals surface area contributed by atoms with E-state index in [0.717, 1.165) is 11.1 Å². The Morgan fingerprint density at radius 1 is 1.27 bits per heavy atom. The minimum absolute atomic E-state index is 0.0605. The van der Waals surface area contributed by atoms with Crippen LogP contribution < -0.4 is 4.74 Å². The van der Waals surface area contributed by atoms with Gasteiger partial charge in [-0.05, 0) is 35.9 Å². The normalized spacial score (nSPS) is 15.8. The van der Waals surface area contributed by atoms with Crippen LogP contribution in [0.1, 0.15) is 11.1 Å². The molecule has 0 saturated carbocycles. The molecule has 0 amide bonds. The molecule has 0 spiro atoms. The summed E-state index contributed by atoms with van der Waals surface area (Å²) in [5.74, 6) is 0.963. The molecule has 1 aliphatic heterocycles. The third-order valence-electron chi connectivity index (χ3n) is 3.79. The lowest BCUT2D eigenvalue weighted by molar-refractivity contribution is 0.178. The van der Waals surface area contributed by atoms with Crippen LogP contribution in [0.3, 0.4) is 0 Å². The smallest absolute Gasteiger partial charge is 0.175 e. The second kappa shape index (κ2) is 8.11. The summed E-state index contributed by atoms with van der Waals surface area (Å²) >= 11 is 0. The zero-order valence-electron chi connectivity index (χ0n) is 14.5. The molecular formula is C18H19N3O4S. The van der Waals surface area contributed by atoms with Crippen LogP contribution >= 0.6 is 0 Å². The molecule has 26 heavy (non-hydrogen) atoms. The van der Waals surface area contributed by atoms with Crippen LogP contribution in [0.5, 0.6) is 11.5 Å². The predicted molar refractivity (Wildman–Crippen MR) is 100 cm³/mol. The molecule has 0 aromatic heterocycles. The zero-order valence-corrected chi connectivity index (χ0v) is 15.3. The van der Waals surface area contributed by atoms with E-state index in [4.69, 9.17) is 9.47 Å². The fourth-order valence-corrected chi connectivity index (χ4v) is 3.46. The molecule has 0 bridgehead atoms. The molecule has 1 atom stereocenters. The summed E-state index contributed by atoms with van der Waals surface area (Å²) in [5, 5.41) is 15.8. The van der Waals surface area contributed by atoms with Crippen molar-refractivity contribution in [1.29, 1.82) is 0 Å². The number of aromatic hydroxyl groups is 1. The van der Waals surface area contributed by atoms with E-state index in [1.165, 1.54) is 13.2 Å². The van der Waals surface area contributed by atoms with Crippen molar-refractivity contribution in [2.24, 2.45) is 9.50 Å². The zero-order chi connectivity index (χ0) is 18.5. The Morgan fingerprint density at radius 2 is 2.08 bits per heavy atom. The van der Waals surface area contributed by atoms with Gasteiger partial charge in [-0.3, -0.25) is 0 Å². The van der Waals surface area contributed by atoms with Gasteiger partial charge in [0.05, 0.1) is 31.4 Å². The number of hydrazone groups is 1. The number of hydrogen-bond donors (Lipinski definition) is 1.